The number of amides is 1. The standard InChI is InChI=1S/C18H22N4O2S/c1-18(2,3)24-17(23)22-12-14-8-6-5-7-13(14)11-21-16(25-4)15(9-19)10-20/h5-8,21H,11-12H2,1-4H3,(H,22,23). The van der Waals surface area contributed by atoms with E-state index in [2.05, 4.69) is 10.6 Å². The van der Waals surface area contributed by atoms with Gasteiger partial charge in [0.25, 0.3) is 0 Å². The third-order valence-electron chi connectivity index (χ3n) is 3.03. The minimum absolute atomic E-state index is 0.0526. The van der Waals surface area contributed by atoms with Crippen molar-refractivity contribution in [3.63, 3.8) is 0 Å². The largest absolute Gasteiger partial charge is 0.444 e. The summed E-state index contributed by atoms with van der Waals surface area (Å²) >= 11 is 1.31. The minimum atomic E-state index is -0.547. The molecule has 7 heteroatoms. The molecule has 0 radical (unpaired) electrons. The number of nitriles is 2. The molecule has 0 aromatic heterocycles. The number of carbonyl (C=O) groups is 1. The van der Waals surface area contributed by atoms with Crippen LogP contribution in [0.2, 0.25) is 0 Å². The van der Waals surface area contributed by atoms with E-state index in [9.17, 15) is 4.79 Å². The maximum absolute atomic E-state index is 11.8. The molecule has 0 atom stereocenters. The lowest BCUT2D eigenvalue weighted by Crippen LogP contribution is -2.32. The van der Waals surface area contributed by atoms with E-state index in [1.165, 1.54) is 11.8 Å². The molecule has 0 bridgehead atoms. The van der Waals surface area contributed by atoms with E-state index in [-0.39, 0.29) is 5.57 Å². The van der Waals surface area contributed by atoms with E-state index in [1.807, 2.05) is 57.2 Å². The fourth-order valence-corrected chi connectivity index (χ4v) is 2.46. The smallest absolute Gasteiger partial charge is 0.407 e. The zero-order valence-corrected chi connectivity index (χ0v) is 15.7. The Hall–Kier alpha value is -2.64. The van der Waals surface area contributed by atoms with Crippen molar-refractivity contribution in [2.75, 3.05) is 6.26 Å². The van der Waals surface area contributed by atoms with Crippen LogP contribution in [0.5, 0.6) is 0 Å². The van der Waals surface area contributed by atoms with Gasteiger partial charge in [-0.05, 0) is 38.2 Å². The molecule has 1 aromatic carbocycles. The van der Waals surface area contributed by atoms with Gasteiger partial charge >= 0.3 is 6.09 Å². The van der Waals surface area contributed by atoms with Crippen molar-refractivity contribution >= 4 is 17.9 Å². The maximum Gasteiger partial charge on any atom is 0.407 e. The van der Waals surface area contributed by atoms with E-state index in [0.717, 1.165) is 11.1 Å². The molecule has 0 aliphatic carbocycles. The molecule has 1 aromatic rings. The van der Waals surface area contributed by atoms with Gasteiger partial charge in [0.05, 0.1) is 5.03 Å². The SMILES string of the molecule is CSC(NCc1ccccc1CNC(=O)OC(C)(C)C)=C(C#N)C#N. The fraction of sp³-hybridized carbons (Fsp3) is 0.389. The van der Waals surface area contributed by atoms with Gasteiger partial charge in [0.15, 0.2) is 5.57 Å². The van der Waals surface area contributed by atoms with Crippen molar-refractivity contribution in [3.05, 3.63) is 46.0 Å². The van der Waals surface area contributed by atoms with Crippen LogP contribution in [0, 0.1) is 22.7 Å². The van der Waals surface area contributed by atoms with E-state index >= 15 is 0 Å². The molecular formula is C18H22N4O2S. The first kappa shape index (κ1) is 20.4. The summed E-state index contributed by atoms with van der Waals surface area (Å²) in [6.07, 6.45) is 1.32. The molecule has 0 fully saturated rings. The molecule has 6 nitrogen and oxygen atoms in total. The number of alkyl carbamates (subject to hydrolysis) is 1. The van der Waals surface area contributed by atoms with Gasteiger partial charge in [0.1, 0.15) is 17.7 Å². The molecule has 1 rings (SSSR count). The lowest BCUT2D eigenvalue weighted by Gasteiger charge is -2.20. The number of allylic oxidation sites excluding steroid dienone is 1. The Balaban J connectivity index is 2.78. The Labute approximate surface area is 152 Å². The lowest BCUT2D eigenvalue weighted by molar-refractivity contribution is 0.0523. The van der Waals surface area contributed by atoms with Gasteiger partial charge in [0, 0.05) is 13.1 Å². The predicted octanol–water partition coefficient (Wildman–Crippen LogP) is 3.42. The summed E-state index contributed by atoms with van der Waals surface area (Å²) in [6, 6.07) is 11.4. The van der Waals surface area contributed by atoms with Crippen molar-refractivity contribution in [3.8, 4) is 12.1 Å². The molecule has 0 aliphatic heterocycles. The average Bonchev–Trinajstić information content (AvgIpc) is 2.56. The van der Waals surface area contributed by atoms with Crippen molar-refractivity contribution in [2.45, 2.75) is 39.5 Å². The first-order valence-electron chi connectivity index (χ1n) is 7.66. The van der Waals surface area contributed by atoms with Gasteiger partial charge in [-0.1, -0.05) is 24.3 Å². The monoisotopic (exact) mass is 358 g/mol. The Morgan fingerprint density at radius 3 is 2.08 bits per heavy atom. The van der Waals surface area contributed by atoms with Gasteiger partial charge in [-0.25, -0.2) is 4.79 Å². The van der Waals surface area contributed by atoms with E-state index in [1.54, 1.807) is 6.26 Å². The van der Waals surface area contributed by atoms with Crippen LogP contribution in [0.4, 0.5) is 4.79 Å². The quantitative estimate of drug-likeness (QED) is 0.756. The molecule has 0 unspecified atom stereocenters. The maximum atomic E-state index is 11.8. The lowest BCUT2D eigenvalue weighted by atomic mass is 10.1. The molecule has 1 amide bonds. The highest BCUT2D eigenvalue weighted by atomic mass is 32.2. The van der Waals surface area contributed by atoms with Gasteiger partial charge in [-0.2, -0.15) is 10.5 Å². The first-order chi connectivity index (χ1) is 11.8. The van der Waals surface area contributed by atoms with Crippen LogP contribution >= 0.6 is 11.8 Å². The van der Waals surface area contributed by atoms with Crippen molar-refractivity contribution in [1.82, 2.24) is 10.6 Å². The fourth-order valence-electron chi connectivity index (χ4n) is 1.95. The minimum Gasteiger partial charge on any atom is -0.444 e. The Kier molecular flexibility index (Phi) is 7.84. The number of rotatable bonds is 6. The van der Waals surface area contributed by atoms with E-state index in [4.69, 9.17) is 15.3 Å². The van der Waals surface area contributed by atoms with Crippen LogP contribution < -0.4 is 10.6 Å². The van der Waals surface area contributed by atoms with Gasteiger partial charge < -0.3 is 15.4 Å². The summed E-state index contributed by atoms with van der Waals surface area (Å²) in [4.78, 5) is 11.8. The molecule has 2 N–H and O–H groups in total. The molecule has 0 saturated carbocycles. The van der Waals surface area contributed by atoms with Crippen molar-refractivity contribution < 1.29 is 9.53 Å². The van der Waals surface area contributed by atoms with Crippen LogP contribution in [0.3, 0.4) is 0 Å². The molecule has 0 spiro atoms. The van der Waals surface area contributed by atoms with Gasteiger partial charge in [0.2, 0.25) is 0 Å². The van der Waals surface area contributed by atoms with E-state index in [0.29, 0.717) is 18.1 Å². The Morgan fingerprint density at radius 2 is 1.64 bits per heavy atom. The number of ether oxygens (including phenoxy) is 1. The Morgan fingerprint density at radius 1 is 1.12 bits per heavy atom. The number of thioether (sulfide) groups is 1. The van der Waals surface area contributed by atoms with E-state index < -0.39 is 11.7 Å². The highest BCUT2D eigenvalue weighted by molar-refractivity contribution is 8.02. The summed E-state index contributed by atoms with van der Waals surface area (Å²) in [5.41, 5.74) is 1.39. The number of nitrogens with zero attached hydrogens (tertiary/aromatic N) is 2. The molecular weight excluding hydrogens is 336 g/mol. The summed E-state index contributed by atoms with van der Waals surface area (Å²) in [6.45, 7) is 6.19. The summed E-state index contributed by atoms with van der Waals surface area (Å²) in [5, 5.41) is 24.3. The van der Waals surface area contributed by atoms with Crippen LogP contribution in [0.15, 0.2) is 34.9 Å². The summed E-state index contributed by atoms with van der Waals surface area (Å²) in [5.74, 6) is 0. The third kappa shape index (κ3) is 7.19. The molecule has 0 saturated heterocycles. The molecule has 25 heavy (non-hydrogen) atoms. The predicted molar refractivity (Wildman–Crippen MR) is 98.1 cm³/mol. The Bertz CT molecular complexity index is 708. The second kappa shape index (κ2) is 9.61. The van der Waals surface area contributed by atoms with Crippen LogP contribution in [0.25, 0.3) is 0 Å². The second-order valence-electron chi connectivity index (χ2n) is 6.11. The normalized spacial score (nSPS) is 10.2. The van der Waals surface area contributed by atoms with Crippen LogP contribution in [0.1, 0.15) is 31.9 Å². The number of hydrogen-bond acceptors (Lipinski definition) is 6. The topological polar surface area (TPSA) is 97.9 Å². The molecule has 0 heterocycles. The van der Waals surface area contributed by atoms with Crippen LogP contribution in [-0.4, -0.2) is 18.0 Å². The molecule has 0 aliphatic rings. The zero-order valence-electron chi connectivity index (χ0n) is 14.8. The van der Waals surface area contributed by atoms with Gasteiger partial charge in [-0.3, -0.25) is 0 Å². The number of hydrogen-bond donors (Lipinski definition) is 2. The van der Waals surface area contributed by atoms with Crippen molar-refractivity contribution in [1.29, 1.82) is 10.5 Å². The number of carbonyl (C=O) groups excluding carboxylic acids is 1. The number of nitrogens with one attached hydrogen (secondary N) is 2. The highest BCUT2D eigenvalue weighted by Gasteiger charge is 2.16. The summed E-state index contributed by atoms with van der Waals surface area (Å²) < 4.78 is 5.23. The van der Waals surface area contributed by atoms with Crippen LogP contribution in [-0.2, 0) is 17.8 Å². The van der Waals surface area contributed by atoms with Crippen molar-refractivity contribution in [2.24, 2.45) is 0 Å². The second-order valence-corrected chi connectivity index (χ2v) is 6.93. The number of benzene rings is 1. The molecule has 132 valence electrons. The third-order valence-corrected chi connectivity index (χ3v) is 3.79. The summed E-state index contributed by atoms with van der Waals surface area (Å²) in [7, 11) is 0. The van der Waals surface area contributed by atoms with Gasteiger partial charge in [-0.15, -0.1) is 11.8 Å². The first-order valence-corrected chi connectivity index (χ1v) is 8.89. The average molecular weight is 358 g/mol. The highest BCUT2D eigenvalue weighted by Crippen LogP contribution is 2.16. The zero-order chi connectivity index (χ0) is 18.9.